The summed E-state index contributed by atoms with van der Waals surface area (Å²) in [6, 6.07) is 5.64. The fourth-order valence-corrected chi connectivity index (χ4v) is 1.75. The lowest BCUT2D eigenvalue weighted by Gasteiger charge is -2.32. The van der Waals surface area contributed by atoms with Crippen LogP contribution in [0, 0.1) is 16.7 Å². The summed E-state index contributed by atoms with van der Waals surface area (Å²) in [6.45, 7) is 0.390. The van der Waals surface area contributed by atoms with Gasteiger partial charge >= 0.3 is 0 Å². The van der Waals surface area contributed by atoms with Crippen LogP contribution in [0.5, 0.6) is 0 Å². The van der Waals surface area contributed by atoms with Crippen molar-refractivity contribution < 1.29 is 9.53 Å². The van der Waals surface area contributed by atoms with E-state index in [1.165, 1.54) is 11.3 Å². The lowest BCUT2D eigenvalue weighted by Crippen LogP contribution is -2.50. The van der Waals surface area contributed by atoms with Crippen molar-refractivity contribution in [2.24, 2.45) is 5.41 Å². The van der Waals surface area contributed by atoms with Gasteiger partial charge in [-0.2, -0.15) is 5.26 Å². The number of hydrogen-bond donors (Lipinski definition) is 1. The van der Waals surface area contributed by atoms with Gasteiger partial charge < -0.3 is 10.1 Å². The Kier molecular flexibility index (Phi) is 2.23. The van der Waals surface area contributed by atoms with Gasteiger partial charge in [0.15, 0.2) is 5.41 Å². The molecule has 0 unspecified atom stereocenters. The van der Waals surface area contributed by atoms with Crippen molar-refractivity contribution in [2.45, 2.75) is 0 Å². The molecule has 0 bridgehead atoms. The van der Waals surface area contributed by atoms with Gasteiger partial charge in [-0.1, -0.05) is 0 Å². The van der Waals surface area contributed by atoms with Crippen LogP contribution in [-0.4, -0.2) is 19.1 Å². The molecular weight excluding hydrogens is 200 g/mol. The second-order valence-electron chi connectivity index (χ2n) is 3.12. The van der Waals surface area contributed by atoms with Gasteiger partial charge in [-0.15, -0.1) is 11.3 Å². The summed E-state index contributed by atoms with van der Waals surface area (Å²) < 4.78 is 4.89. The Bertz CT molecular complexity index is 376. The van der Waals surface area contributed by atoms with Gasteiger partial charge in [0.2, 0.25) is 5.91 Å². The molecule has 1 aliphatic rings. The van der Waals surface area contributed by atoms with E-state index >= 15 is 0 Å². The maximum Gasteiger partial charge on any atom is 0.250 e. The van der Waals surface area contributed by atoms with Crippen LogP contribution in [0.4, 0.5) is 5.00 Å². The number of thiophene rings is 1. The molecule has 0 saturated carbocycles. The van der Waals surface area contributed by atoms with E-state index in [0.717, 1.165) is 5.00 Å². The molecule has 0 aliphatic carbocycles. The third-order valence-electron chi connectivity index (χ3n) is 2.10. The minimum atomic E-state index is -0.968. The van der Waals surface area contributed by atoms with Crippen molar-refractivity contribution in [1.82, 2.24) is 0 Å². The number of ether oxygens (including phenoxy) is 1. The van der Waals surface area contributed by atoms with Crippen LogP contribution in [0.25, 0.3) is 0 Å². The molecule has 1 aliphatic heterocycles. The third kappa shape index (κ3) is 1.39. The second kappa shape index (κ2) is 3.40. The van der Waals surface area contributed by atoms with Crippen LogP contribution in [0.1, 0.15) is 0 Å². The van der Waals surface area contributed by atoms with Gasteiger partial charge in [0.1, 0.15) is 0 Å². The highest BCUT2D eigenvalue weighted by molar-refractivity contribution is 7.14. The molecule has 0 atom stereocenters. The molecule has 1 aromatic heterocycles. The van der Waals surface area contributed by atoms with E-state index in [1.807, 2.05) is 17.5 Å². The van der Waals surface area contributed by atoms with E-state index in [0.29, 0.717) is 0 Å². The first kappa shape index (κ1) is 9.19. The SMILES string of the molecule is N#CC1(C(=O)Nc2cccs2)COC1. The zero-order chi connectivity index (χ0) is 10.0. The van der Waals surface area contributed by atoms with Gasteiger partial charge in [-0.3, -0.25) is 4.79 Å². The van der Waals surface area contributed by atoms with E-state index in [-0.39, 0.29) is 19.1 Å². The predicted octanol–water partition coefficient (Wildman–Crippen LogP) is 1.23. The normalized spacial score (nSPS) is 17.9. The van der Waals surface area contributed by atoms with Crippen molar-refractivity contribution in [3.63, 3.8) is 0 Å². The van der Waals surface area contributed by atoms with Gasteiger partial charge in [0, 0.05) is 0 Å². The van der Waals surface area contributed by atoms with Gasteiger partial charge in [-0.05, 0) is 17.5 Å². The fraction of sp³-hybridized carbons (Fsp3) is 0.333. The summed E-state index contributed by atoms with van der Waals surface area (Å²) in [7, 11) is 0. The van der Waals surface area contributed by atoms with Crippen molar-refractivity contribution in [1.29, 1.82) is 5.26 Å². The molecule has 1 aromatic rings. The van der Waals surface area contributed by atoms with Crippen molar-refractivity contribution in [3.05, 3.63) is 17.5 Å². The van der Waals surface area contributed by atoms with Gasteiger partial charge in [0.05, 0.1) is 24.3 Å². The number of amides is 1. The standard InChI is InChI=1S/C9H8N2O2S/c10-4-9(5-13-6-9)8(12)11-7-2-1-3-14-7/h1-3H,5-6H2,(H,11,12). The molecule has 4 nitrogen and oxygen atoms in total. The summed E-state index contributed by atoms with van der Waals surface area (Å²) in [6.07, 6.45) is 0. The van der Waals surface area contributed by atoms with E-state index in [4.69, 9.17) is 10.00 Å². The molecule has 2 rings (SSSR count). The van der Waals surface area contributed by atoms with Gasteiger partial charge in [-0.25, -0.2) is 0 Å². The quantitative estimate of drug-likeness (QED) is 0.795. The van der Waals surface area contributed by atoms with E-state index < -0.39 is 5.41 Å². The van der Waals surface area contributed by atoms with Crippen LogP contribution in [0.15, 0.2) is 17.5 Å². The average Bonchev–Trinajstić information content (AvgIpc) is 2.55. The molecule has 14 heavy (non-hydrogen) atoms. The number of nitrogens with one attached hydrogen (secondary N) is 1. The summed E-state index contributed by atoms with van der Waals surface area (Å²) >= 11 is 1.43. The summed E-state index contributed by atoms with van der Waals surface area (Å²) in [5, 5.41) is 14.2. The monoisotopic (exact) mass is 208 g/mol. The number of carbonyl (C=O) groups excluding carboxylic acids is 1. The number of nitrogens with zero attached hydrogens (tertiary/aromatic N) is 1. The topological polar surface area (TPSA) is 62.1 Å². The average molecular weight is 208 g/mol. The highest BCUT2D eigenvalue weighted by atomic mass is 32.1. The number of hydrogen-bond acceptors (Lipinski definition) is 4. The Balaban J connectivity index is 2.06. The summed E-state index contributed by atoms with van der Waals surface area (Å²) in [5.41, 5.74) is -0.968. The number of nitriles is 1. The maximum atomic E-state index is 11.6. The largest absolute Gasteiger partial charge is 0.377 e. The molecular formula is C9H8N2O2S. The molecule has 0 spiro atoms. The minimum absolute atomic E-state index is 0.195. The van der Waals surface area contributed by atoms with Crippen LogP contribution in [-0.2, 0) is 9.53 Å². The number of carbonyl (C=O) groups is 1. The molecule has 0 aromatic carbocycles. The maximum absolute atomic E-state index is 11.6. The zero-order valence-electron chi connectivity index (χ0n) is 7.32. The van der Waals surface area contributed by atoms with E-state index in [1.54, 1.807) is 6.07 Å². The molecule has 0 radical (unpaired) electrons. The Morgan fingerprint density at radius 2 is 2.50 bits per heavy atom. The summed E-state index contributed by atoms with van der Waals surface area (Å²) in [4.78, 5) is 11.6. The molecule has 1 N–H and O–H groups in total. The number of anilines is 1. The van der Waals surface area contributed by atoms with Crippen LogP contribution >= 0.6 is 11.3 Å². The molecule has 1 amide bonds. The lowest BCUT2D eigenvalue weighted by molar-refractivity contribution is -0.144. The smallest absolute Gasteiger partial charge is 0.250 e. The lowest BCUT2D eigenvalue weighted by atomic mass is 9.87. The van der Waals surface area contributed by atoms with Gasteiger partial charge in [0.25, 0.3) is 0 Å². The van der Waals surface area contributed by atoms with E-state index in [2.05, 4.69) is 5.32 Å². The first-order valence-corrected chi connectivity index (χ1v) is 4.99. The van der Waals surface area contributed by atoms with Crippen molar-refractivity contribution in [2.75, 3.05) is 18.5 Å². The Hall–Kier alpha value is -1.38. The van der Waals surface area contributed by atoms with Crippen LogP contribution in [0.3, 0.4) is 0 Å². The van der Waals surface area contributed by atoms with Crippen LogP contribution in [0.2, 0.25) is 0 Å². The zero-order valence-corrected chi connectivity index (χ0v) is 8.13. The third-order valence-corrected chi connectivity index (χ3v) is 2.89. The first-order valence-electron chi connectivity index (χ1n) is 4.11. The van der Waals surface area contributed by atoms with Crippen molar-refractivity contribution >= 4 is 22.2 Å². The van der Waals surface area contributed by atoms with Crippen LogP contribution < -0.4 is 5.32 Å². The number of rotatable bonds is 2. The Labute approximate surface area is 85.1 Å². The Morgan fingerprint density at radius 3 is 2.93 bits per heavy atom. The predicted molar refractivity (Wildman–Crippen MR) is 51.8 cm³/mol. The molecule has 72 valence electrons. The summed E-state index contributed by atoms with van der Waals surface area (Å²) in [5.74, 6) is -0.270. The highest BCUT2D eigenvalue weighted by Gasteiger charge is 2.46. The molecule has 2 heterocycles. The Morgan fingerprint density at radius 1 is 1.71 bits per heavy atom. The molecule has 1 fully saturated rings. The second-order valence-corrected chi connectivity index (χ2v) is 4.07. The molecule has 1 saturated heterocycles. The van der Waals surface area contributed by atoms with E-state index in [9.17, 15) is 4.79 Å². The van der Waals surface area contributed by atoms with Crippen molar-refractivity contribution in [3.8, 4) is 6.07 Å². The first-order chi connectivity index (χ1) is 6.77. The highest BCUT2D eigenvalue weighted by Crippen LogP contribution is 2.29. The molecule has 5 heteroatoms. The fourth-order valence-electron chi connectivity index (χ4n) is 1.13. The minimum Gasteiger partial charge on any atom is -0.377 e.